The molecule has 0 saturated carbocycles. The molecule has 1 aliphatic rings. The minimum Gasteiger partial charge on any atom is -0.486 e. The topological polar surface area (TPSA) is 55.8 Å². The van der Waals surface area contributed by atoms with Crippen LogP contribution in [0.1, 0.15) is 49.2 Å². The van der Waals surface area contributed by atoms with Crippen LogP contribution in [0.25, 0.3) is 0 Å². The van der Waals surface area contributed by atoms with E-state index in [0.717, 1.165) is 11.3 Å². The fourth-order valence-corrected chi connectivity index (χ4v) is 3.55. The van der Waals surface area contributed by atoms with Crippen LogP contribution >= 0.6 is 11.6 Å². The molecule has 2 aromatic carbocycles. The number of anilines is 1. The molecule has 2 aromatic rings. The second-order valence-corrected chi connectivity index (χ2v) is 6.96. The smallest absolute Gasteiger partial charge is 0.338 e. The van der Waals surface area contributed by atoms with E-state index in [1.807, 2.05) is 6.92 Å². The molecule has 142 valence electrons. The van der Waals surface area contributed by atoms with Crippen LogP contribution in [0.3, 0.4) is 0 Å². The fraction of sp³-hybridized carbons (Fsp3) is 0.333. The molecule has 1 heterocycles. The van der Waals surface area contributed by atoms with Crippen LogP contribution in [-0.2, 0) is 9.53 Å². The molecule has 6 heteroatoms. The molecule has 0 fully saturated rings. The lowest BCUT2D eigenvalue weighted by Gasteiger charge is -2.39. The number of nitrogens with zero attached hydrogens (tertiary/aromatic N) is 1. The summed E-state index contributed by atoms with van der Waals surface area (Å²) >= 11 is 5.95. The first-order chi connectivity index (χ1) is 12.9. The SMILES string of the molecule is CCOC(=O)c1ccc2c(c1)[C@H](Oc1ccc(Cl)cc1)C[C@H](C)N2C(C)=O. The summed E-state index contributed by atoms with van der Waals surface area (Å²) in [6.07, 6.45) is 0.322. The molecule has 0 bridgehead atoms. The van der Waals surface area contributed by atoms with Crippen molar-refractivity contribution in [2.24, 2.45) is 0 Å². The molecule has 27 heavy (non-hydrogen) atoms. The van der Waals surface area contributed by atoms with Crippen molar-refractivity contribution in [1.82, 2.24) is 0 Å². The van der Waals surface area contributed by atoms with Gasteiger partial charge in [-0.05, 0) is 56.3 Å². The van der Waals surface area contributed by atoms with E-state index in [4.69, 9.17) is 21.1 Å². The van der Waals surface area contributed by atoms with Crippen LogP contribution in [0.4, 0.5) is 5.69 Å². The van der Waals surface area contributed by atoms with Crippen LogP contribution in [0, 0.1) is 0 Å². The van der Waals surface area contributed by atoms with Gasteiger partial charge in [-0.25, -0.2) is 4.79 Å². The minimum atomic E-state index is -0.390. The monoisotopic (exact) mass is 387 g/mol. The number of rotatable bonds is 4. The fourth-order valence-electron chi connectivity index (χ4n) is 3.42. The van der Waals surface area contributed by atoms with Gasteiger partial charge in [0.1, 0.15) is 11.9 Å². The van der Waals surface area contributed by atoms with Crippen LogP contribution in [0.15, 0.2) is 42.5 Å². The van der Waals surface area contributed by atoms with E-state index >= 15 is 0 Å². The Kier molecular flexibility index (Phi) is 5.71. The highest BCUT2D eigenvalue weighted by Gasteiger charge is 2.34. The molecular formula is C21H22ClNO4. The maximum absolute atomic E-state index is 12.2. The van der Waals surface area contributed by atoms with Gasteiger partial charge in [0.05, 0.1) is 17.9 Å². The van der Waals surface area contributed by atoms with Crippen molar-refractivity contribution < 1.29 is 19.1 Å². The van der Waals surface area contributed by atoms with Gasteiger partial charge in [-0.3, -0.25) is 4.79 Å². The van der Waals surface area contributed by atoms with E-state index in [1.54, 1.807) is 61.2 Å². The molecule has 0 aliphatic carbocycles. The van der Waals surface area contributed by atoms with Crippen LogP contribution in [-0.4, -0.2) is 24.5 Å². The average molecular weight is 388 g/mol. The van der Waals surface area contributed by atoms with Gasteiger partial charge in [-0.2, -0.15) is 0 Å². The molecule has 3 rings (SSSR count). The lowest BCUT2D eigenvalue weighted by molar-refractivity contribution is -0.117. The molecule has 0 unspecified atom stereocenters. The number of halogens is 1. The van der Waals surface area contributed by atoms with E-state index in [1.165, 1.54) is 0 Å². The summed E-state index contributed by atoms with van der Waals surface area (Å²) in [4.78, 5) is 26.1. The summed E-state index contributed by atoms with van der Waals surface area (Å²) < 4.78 is 11.3. The van der Waals surface area contributed by atoms with E-state index < -0.39 is 5.97 Å². The summed E-state index contributed by atoms with van der Waals surface area (Å²) in [6.45, 7) is 5.60. The molecule has 2 atom stereocenters. The number of hydrogen-bond acceptors (Lipinski definition) is 4. The number of ether oxygens (including phenoxy) is 2. The normalized spacial score (nSPS) is 18.6. The molecule has 1 aliphatic heterocycles. The Morgan fingerprint density at radius 3 is 2.52 bits per heavy atom. The Hall–Kier alpha value is -2.53. The highest BCUT2D eigenvalue weighted by molar-refractivity contribution is 6.30. The Balaban J connectivity index is 2.01. The van der Waals surface area contributed by atoms with Crippen molar-refractivity contribution >= 4 is 29.2 Å². The second kappa shape index (κ2) is 8.01. The summed E-state index contributed by atoms with van der Waals surface area (Å²) in [5.41, 5.74) is 2.00. The number of fused-ring (bicyclic) bond motifs is 1. The van der Waals surface area contributed by atoms with Crippen molar-refractivity contribution in [3.8, 4) is 5.75 Å². The van der Waals surface area contributed by atoms with Crippen LogP contribution in [0.2, 0.25) is 5.02 Å². The predicted molar refractivity (Wildman–Crippen MR) is 104 cm³/mol. The highest BCUT2D eigenvalue weighted by Crippen LogP contribution is 2.40. The van der Waals surface area contributed by atoms with E-state index in [9.17, 15) is 9.59 Å². The molecule has 0 saturated heterocycles. The van der Waals surface area contributed by atoms with Gasteiger partial charge in [-0.1, -0.05) is 11.6 Å². The molecule has 0 N–H and O–H groups in total. The third-order valence-electron chi connectivity index (χ3n) is 4.57. The Morgan fingerprint density at radius 2 is 1.89 bits per heavy atom. The molecular weight excluding hydrogens is 366 g/mol. The highest BCUT2D eigenvalue weighted by atomic mass is 35.5. The van der Waals surface area contributed by atoms with Crippen molar-refractivity contribution in [2.75, 3.05) is 11.5 Å². The van der Waals surface area contributed by atoms with Crippen LogP contribution < -0.4 is 9.64 Å². The van der Waals surface area contributed by atoms with Crippen molar-refractivity contribution in [1.29, 1.82) is 0 Å². The Morgan fingerprint density at radius 1 is 1.19 bits per heavy atom. The minimum absolute atomic E-state index is 0.0271. The largest absolute Gasteiger partial charge is 0.486 e. The van der Waals surface area contributed by atoms with Crippen molar-refractivity contribution in [3.63, 3.8) is 0 Å². The van der Waals surface area contributed by atoms with Gasteiger partial charge in [0.15, 0.2) is 0 Å². The van der Waals surface area contributed by atoms with Crippen LogP contribution in [0.5, 0.6) is 5.75 Å². The van der Waals surface area contributed by atoms with Gasteiger partial charge in [0.2, 0.25) is 5.91 Å². The summed E-state index contributed by atoms with van der Waals surface area (Å²) in [5.74, 6) is 0.247. The summed E-state index contributed by atoms with van der Waals surface area (Å²) in [5, 5.41) is 0.632. The molecule has 0 aromatic heterocycles. The predicted octanol–water partition coefficient (Wildman–Crippen LogP) is 4.78. The Labute approximate surface area is 163 Å². The standard InChI is InChI=1S/C21H22ClNO4/c1-4-26-21(25)15-5-10-19-18(12-15)20(11-13(2)23(19)14(3)24)27-17-8-6-16(22)7-9-17/h5-10,12-13,20H,4,11H2,1-3H3/t13-,20+/m0/s1. The first-order valence-electron chi connectivity index (χ1n) is 8.93. The number of carbonyl (C=O) groups excluding carboxylic acids is 2. The first-order valence-corrected chi connectivity index (χ1v) is 9.31. The lowest BCUT2D eigenvalue weighted by Crippen LogP contribution is -2.43. The third-order valence-corrected chi connectivity index (χ3v) is 4.82. The van der Waals surface area contributed by atoms with Gasteiger partial charge in [-0.15, -0.1) is 0 Å². The zero-order chi connectivity index (χ0) is 19.6. The maximum Gasteiger partial charge on any atom is 0.338 e. The summed E-state index contributed by atoms with van der Waals surface area (Å²) in [7, 11) is 0. The maximum atomic E-state index is 12.2. The van der Waals surface area contributed by atoms with Gasteiger partial charge < -0.3 is 14.4 Å². The summed E-state index contributed by atoms with van der Waals surface area (Å²) in [6, 6.07) is 12.3. The molecule has 0 radical (unpaired) electrons. The second-order valence-electron chi connectivity index (χ2n) is 6.53. The van der Waals surface area contributed by atoms with Gasteiger partial charge in [0, 0.05) is 30.0 Å². The first kappa shape index (κ1) is 19.2. The molecule has 0 spiro atoms. The molecule has 5 nitrogen and oxygen atoms in total. The quantitative estimate of drug-likeness (QED) is 0.708. The third kappa shape index (κ3) is 4.08. The van der Waals surface area contributed by atoms with E-state index in [-0.39, 0.29) is 18.1 Å². The number of esters is 1. The number of carbonyl (C=O) groups is 2. The van der Waals surface area contributed by atoms with Crippen molar-refractivity contribution in [2.45, 2.75) is 39.3 Å². The lowest BCUT2D eigenvalue weighted by atomic mass is 9.92. The zero-order valence-electron chi connectivity index (χ0n) is 15.6. The van der Waals surface area contributed by atoms with Gasteiger partial charge >= 0.3 is 5.97 Å². The number of hydrogen-bond donors (Lipinski definition) is 0. The molecule has 1 amide bonds. The number of amides is 1. The van der Waals surface area contributed by atoms with E-state index in [0.29, 0.717) is 29.4 Å². The van der Waals surface area contributed by atoms with Gasteiger partial charge in [0.25, 0.3) is 0 Å². The average Bonchev–Trinajstić information content (AvgIpc) is 2.63. The Bertz CT molecular complexity index is 850. The number of benzene rings is 2. The zero-order valence-corrected chi connectivity index (χ0v) is 16.3. The van der Waals surface area contributed by atoms with Crippen molar-refractivity contribution in [3.05, 3.63) is 58.6 Å². The van der Waals surface area contributed by atoms with E-state index in [2.05, 4.69) is 0 Å².